The molecule has 7 rings (SSSR count). The summed E-state index contributed by atoms with van der Waals surface area (Å²) in [4.78, 5) is 49.3. The molecule has 13 unspecified atom stereocenters. The number of amides is 3. The van der Waals surface area contributed by atoms with E-state index in [1.807, 2.05) is 0 Å². The van der Waals surface area contributed by atoms with Crippen LogP contribution in [0.5, 0.6) is 0 Å². The smallest absolute Gasteiger partial charge is 0.332 e. The van der Waals surface area contributed by atoms with Crippen molar-refractivity contribution in [2.45, 2.75) is 255 Å². The Balaban J connectivity index is 1.08. The second-order valence-corrected chi connectivity index (χ2v) is 23.8. The monoisotopic (exact) mass is 1360 g/mol. The highest BCUT2D eigenvalue weighted by atomic mass is 16.9. The highest BCUT2D eigenvalue weighted by Gasteiger charge is 2.60. The molecule has 40 nitrogen and oxygen atoms in total. The third kappa shape index (κ3) is 17.2. The zero-order valence-corrected chi connectivity index (χ0v) is 50.8. The zero-order chi connectivity index (χ0) is 68.8. The maximum atomic E-state index is 12.8. The topological polar surface area (TPSA) is 618 Å². The minimum Gasteiger partial charge on any atom is -0.410 e. The molecule has 36 atom stereocenters. The second-order valence-electron chi connectivity index (χ2n) is 23.8. The quantitative estimate of drug-likeness (QED) is 0.0282. The minimum atomic E-state index is -2.80. The number of hydrogen-bond donors (Lipinski definition) is 22. The van der Waals surface area contributed by atoms with Crippen LogP contribution in [0.25, 0.3) is 0 Å². The van der Waals surface area contributed by atoms with Gasteiger partial charge in [-0.05, 0) is 6.92 Å². The zero-order valence-electron chi connectivity index (χ0n) is 50.8. The normalized spacial score (nSPS) is 47.2. The van der Waals surface area contributed by atoms with Crippen LogP contribution < -0.4 is 16.0 Å². The lowest BCUT2D eigenvalue weighted by Gasteiger charge is -2.51. The van der Waals surface area contributed by atoms with E-state index in [1.165, 1.54) is 20.8 Å². The van der Waals surface area contributed by atoms with E-state index in [2.05, 4.69) is 16.0 Å². The number of carbonyl (C=O) groups is 4. The molecular formula is C53H89N3O37. The SMILES string of the molecule is CC(=O)NC1C(O)[C@H](O[C@@H]2OC(CO)[C@H](O)[C@H](O[C@]3(OC=O)C[C@@H](O)[C@@H](C)C([C@@H](O)[C@H](O)CO)O3)C2O)[C@H](CO)O[C@H]1OC1[C@@H](OCC2O[C@@H](O[C@@H]3C(CO)O[C@@H](O[C@@H]4C(CO)O[C@@H](C)C(NC(C)=O)[C@H]4O)C(NC(C)=O)[C@H]3O)C(O)[C@@H](O)[C@@H]2O)OC(CO)[C@@H](O)[C@@H]1O. The van der Waals surface area contributed by atoms with Crippen molar-refractivity contribution < 1.29 is 183 Å². The first-order valence-electron chi connectivity index (χ1n) is 29.9. The summed E-state index contributed by atoms with van der Waals surface area (Å²) in [5, 5.41) is 216. The molecule has 0 aliphatic carbocycles. The summed E-state index contributed by atoms with van der Waals surface area (Å²) < 4.78 is 81.6. The highest BCUT2D eigenvalue weighted by molar-refractivity contribution is 5.74. The van der Waals surface area contributed by atoms with Crippen molar-refractivity contribution in [3.05, 3.63) is 0 Å². The standard InChI is InChI=1S/C53H89N3O37/c1-15-20(67)6-53(81-14-63,92-42(15)31(69)21(68)7-57)93-46-34(72)23(9-59)83-51(41(46)79)90-45-26(12-62)86-49(30(37(45)75)56-19(5)66)91-47-39(77)32(70)22(8-58)84-52(47)80-13-27-33(71)38(76)40(78)50(87-27)89-44-25(11-61)85-48(29(36(44)74)55-18(4)65)88-43-24(10-60)82-16(2)28(35(43)73)54-17(3)64/h14-16,20-52,57-62,67-79H,6-13H2,1-5H3,(H,54,64)(H,55,65)(H,56,66)/t15-,16+,20-,21-,22?,23?,24?,25?,26+,27?,28?,29?,30?,31+,32-,33-,34+,35-,36-,37?,38+,39+,40?,41?,42?,43-,44-,45-,46+,47?,48+,49+,50+,51+,52+,53+/m1/s1. The number of hydrogen-bond acceptors (Lipinski definition) is 37. The lowest BCUT2D eigenvalue weighted by atomic mass is 9.87. The lowest BCUT2D eigenvalue weighted by Crippen LogP contribution is -2.70. The Hall–Kier alpha value is -3.40. The van der Waals surface area contributed by atoms with E-state index in [4.69, 9.17) is 66.3 Å². The molecule has 0 bridgehead atoms. The Morgan fingerprint density at radius 2 is 0.903 bits per heavy atom. The molecule has 0 radical (unpaired) electrons. The van der Waals surface area contributed by atoms with Crippen LogP contribution in [0.4, 0.5) is 0 Å². The van der Waals surface area contributed by atoms with Crippen LogP contribution in [0.15, 0.2) is 0 Å². The maximum Gasteiger partial charge on any atom is 0.332 e. The van der Waals surface area contributed by atoms with Crippen LogP contribution in [-0.4, -0.2) is 382 Å². The van der Waals surface area contributed by atoms with E-state index in [0.717, 1.165) is 13.8 Å². The van der Waals surface area contributed by atoms with E-state index < -0.39 is 291 Å². The van der Waals surface area contributed by atoms with Crippen molar-refractivity contribution in [3.63, 3.8) is 0 Å². The van der Waals surface area contributed by atoms with Gasteiger partial charge in [-0.2, -0.15) is 0 Å². The Labute approximate surface area is 529 Å². The van der Waals surface area contributed by atoms with E-state index >= 15 is 0 Å². The van der Waals surface area contributed by atoms with Crippen molar-refractivity contribution in [3.8, 4) is 0 Å². The number of nitrogens with one attached hydrogen (secondary N) is 3. The van der Waals surface area contributed by atoms with Gasteiger partial charge in [0.2, 0.25) is 17.7 Å². The molecule has 0 aromatic carbocycles. The molecule has 0 aromatic heterocycles. The molecule has 0 spiro atoms. The van der Waals surface area contributed by atoms with E-state index in [1.54, 1.807) is 0 Å². The molecule has 7 fully saturated rings. The number of aliphatic hydroxyl groups excluding tert-OH is 19. The van der Waals surface area contributed by atoms with E-state index in [-0.39, 0.29) is 6.47 Å². The van der Waals surface area contributed by atoms with Gasteiger partial charge in [0.05, 0.1) is 77.0 Å². The Kier molecular flexibility index (Phi) is 27.7. The van der Waals surface area contributed by atoms with Gasteiger partial charge in [-0.15, -0.1) is 0 Å². The predicted octanol–water partition coefficient (Wildman–Crippen LogP) is -14.2. The van der Waals surface area contributed by atoms with Crippen LogP contribution in [0, 0.1) is 5.92 Å². The molecule has 7 aliphatic rings. The molecular weight excluding hydrogens is 1270 g/mol. The Bertz CT molecular complexity index is 2380. The summed E-state index contributed by atoms with van der Waals surface area (Å²) in [6.07, 6.45) is -59.2. The van der Waals surface area contributed by atoms with Gasteiger partial charge < -0.3 is 179 Å². The summed E-state index contributed by atoms with van der Waals surface area (Å²) >= 11 is 0. The van der Waals surface area contributed by atoms with Crippen molar-refractivity contribution in [2.24, 2.45) is 5.92 Å². The second kappa shape index (κ2) is 33.4. The average molecular weight is 1360 g/mol. The summed E-state index contributed by atoms with van der Waals surface area (Å²) in [6.45, 7) is -1.07. The first-order chi connectivity index (χ1) is 43.9. The van der Waals surface area contributed by atoms with Crippen molar-refractivity contribution in [1.82, 2.24) is 16.0 Å². The summed E-state index contributed by atoms with van der Waals surface area (Å²) in [5.74, 6) is -6.11. The molecule has 7 saturated heterocycles. The van der Waals surface area contributed by atoms with Crippen LogP contribution in [-0.2, 0) is 85.5 Å². The largest absolute Gasteiger partial charge is 0.410 e. The van der Waals surface area contributed by atoms with Crippen molar-refractivity contribution in [1.29, 1.82) is 0 Å². The first-order valence-corrected chi connectivity index (χ1v) is 29.9. The molecule has 0 saturated carbocycles. The molecule has 7 aliphatic heterocycles. The average Bonchev–Trinajstić information content (AvgIpc) is 0.775. The van der Waals surface area contributed by atoms with Gasteiger partial charge in [-0.25, -0.2) is 0 Å². The fraction of sp³-hybridized carbons (Fsp3) is 0.925. The fourth-order valence-corrected chi connectivity index (χ4v) is 12.2. The van der Waals surface area contributed by atoms with Crippen LogP contribution >= 0.6 is 0 Å². The van der Waals surface area contributed by atoms with Gasteiger partial charge in [0.1, 0.15) is 152 Å². The predicted molar refractivity (Wildman–Crippen MR) is 290 cm³/mol. The number of rotatable bonds is 26. The molecule has 3 amide bonds. The van der Waals surface area contributed by atoms with Gasteiger partial charge >= 0.3 is 5.97 Å². The van der Waals surface area contributed by atoms with Gasteiger partial charge in [0.25, 0.3) is 6.47 Å². The summed E-state index contributed by atoms with van der Waals surface area (Å²) in [7, 11) is 0. The van der Waals surface area contributed by atoms with Gasteiger partial charge in [0, 0.05) is 26.7 Å². The molecule has 538 valence electrons. The van der Waals surface area contributed by atoms with Gasteiger partial charge in [0.15, 0.2) is 31.5 Å². The van der Waals surface area contributed by atoms with Gasteiger partial charge in [-0.1, -0.05) is 6.92 Å². The molecule has 40 heteroatoms. The lowest BCUT2D eigenvalue weighted by molar-refractivity contribution is -0.448. The Morgan fingerprint density at radius 3 is 1.40 bits per heavy atom. The van der Waals surface area contributed by atoms with Crippen LogP contribution in [0.3, 0.4) is 0 Å². The first kappa shape index (κ1) is 77.0. The van der Waals surface area contributed by atoms with Crippen molar-refractivity contribution in [2.75, 3.05) is 46.2 Å². The fourth-order valence-electron chi connectivity index (χ4n) is 12.2. The number of carbonyl (C=O) groups excluding carboxylic acids is 4. The molecule has 22 N–H and O–H groups in total. The van der Waals surface area contributed by atoms with Crippen LogP contribution in [0.2, 0.25) is 0 Å². The van der Waals surface area contributed by atoms with Crippen LogP contribution in [0.1, 0.15) is 41.0 Å². The molecule has 0 aromatic rings. The summed E-state index contributed by atoms with van der Waals surface area (Å²) in [6, 6.07) is -4.65. The Morgan fingerprint density at radius 1 is 0.484 bits per heavy atom. The number of aliphatic hydroxyl groups is 19. The van der Waals surface area contributed by atoms with Crippen molar-refractivity contribution >= 4 is 24.2 Å². The summed E-state index contributed by atoms with van der Waals surface area (Å²) in [5.41, 5.74) is 0. The molecule has 7 heterocycles. The number of ether oxygens (including phenoxy) is 14. The van der Waals surface area contributed by atoms with E-state index in [0.29, 0.717) is 0 Å². The highest BCUT2D eigenvalue weighted by Crippen LogP contribution is 2.41. The maximum absolute atomic E-state index is 12.8. The van der Waals surface area contributed by atoms with E-state index in [9.17, 15) is 116 Å². The molecule has 93 heavy (non-hydrogen) atoms. The third-order valence-electron chi connectivity index (χ3n) is 17.2. The van der Waals surface area contributed by atoms with Gasteiger partial charge in [-0.3, -0.25) is 19.2 Å². The third-order valence-corrected chi connectivity index (χ3v) is 17.2. The minimum absolute atomic E-state index is 0.215.